The average Bonchev–Trinajstić information content (AvgIpc) is 2.80. The Hall–Kier alpha value is -1.40. The van der Waals surface area contributed by atoms with Crippen LogP contribution in [0.3, 0.4) is 0 Å². The summed E-state index contributed by atoms with van der Waals surface area (Å²) < 4.78 is 28.2. The molecular weight excluding hydrogens is 258 g/mol. The zero-order valence-corrected chi connectivity index (χ0v) is 11.0. The van der Waals surface area contributed by atoms with E-state index in [9.17, 15) is 8.42 Å². The van der Waals surface area contributed by atoms with Crippen molar-refractivity contribution in [1.82, 2.24) is 4.98 Å². The number of ether oxygens (including phenoxy) is 1. The lowest BCUT2D eigenvalue weighted by Crippen LogP contribution is -1.98. The van der Waals surface area contributed by atoms with Gasteiger partial charge in [-0.15, -0.1) is 11.3 Å². The van der Waals surface area contributed by atoms with Gasteiger partial charge in [-0.25, -0.2) is 13.4 Å². The maximum atomic E-state index is 11.5. The van der Waals surface area contributed by atoms with Gasteiger partial charge in [0.05, 0.1) is 17.6 Å². The monoisotopic (exact) mass is 269 g/mol. The minimum Gasteiger partial charge on any atom is -0.496 e. The molecule has 0 saturated heterocycles. The molecule has 0 spiro atoms. The highest BCUT2D eigenvalue weighted by Crippen LogP contribution is 2.33. The molecule has 0 aliphatic heterocycles. The lowest BCUT2D eigenvalue weighted by Gasteiger charge is -2.07. The van der Waals surface area contributed by atoms with Crippen LogP contribution in [-0.4, -0.2) is 26.8 Å². The van der Waals surface area contributed by atoms with Crippen molar-refractivity contribution in [2.24, 2.45) is 0 Å². The maximum absolute atomic E-state index is 11.5. The van der Waals surface area contributed by atoms with E-state index in [0.29, 0.717) is 11.3 Å². The fraction of sp³-hybridized carbons (Fsp3) is 0.182. The predicted octanol–water partition coefficient (Wildman–Crippen LogP) is 2.22. The van der Waals surface area contributed by atoms with Gasteiger partial charge in [0.25, 0.3) is 0 Å². The van der Waals surface area contributed by atoms with Gasteiger partial charge in [-0.05, 0) is 18.2 Å². The van der Waals surface area contributed by atoms with Gasteiger partial charge in [0, 0.05) is 17.8 Å². The molecule has 0 fully saturated rings. The van der Waals surface area contributed by atoms with Gasteiger partial charge in [0.15, 0.2) is 9.84 Å². The summed E-state index contributed by atoms with van der Waals surface area (Å²) in [6, 6.07) is 4.77. The second-order valence-corrected chi connectivity index (χ2v) is 6.38. The van der Waals surface area contributed by atoms with Crippen LogP contribution in [0, 0.1) is 0 Å². The molecule has 0 atom stereocenters. The van der Waals surface area contributed by atoms with Crippen LogP contribution in [0.5, 0.6) is 5.75 Å². The molecule has 2 rings (SSSR count). The number of methoxy groups -OCH3 is 1. The Morgan fingerprint density at radius 2 is 2.12 bits per heavy atom. The van der Waals surface area contributed by atoms with Crippen LogP contribution in [0.2, 0.25) is 0 Å². The minimum absolute atomic E-state index is 0.267. The van der Waals surface area contributed by atoms with Crippen molar-refractivity contribution in [3.63, 3.8) is 0 Å². The van der Waals surface area contributed by atoms with Crippen LogP contribution in [0.4, 0.5) is 0 Å². The number of rotatable bonds is 3. The number of sulfone groups is 1. The summed E-state index contributed by atoms with van der Waals surface area (Å²) in [5.74, 6) is 0.618. The van der Waals surface area contributed by atoms with Gasteiger partial charge in [0.2, 0.25) is 0 Å². The third kappa shape index (κ3) is 2.48. The number of thiazole rings is 1. The second-order valence-electron chi connectivity index (χ2n) is 3.47. The van der Waals surface area contributed by atoms with Crippen LogP contribution < -0.4 is 4.74 Å². The van der Waals surface area contributed by atoms with Crippen molar-refractivity contribution in [1.29, 1.82) is 0 Å². The van der Waals surface area contributed by atoms with Crippen molar-refractivity contribution < 1.29 is 13.2 Å². The molecule has 0 aliphatic rings. The molecule has 0 unspecified atom stereocenters. The summed E-state index contributed by atoms with van der Waals surface area (Å²) in [5, 5.41) is 2.58. The van der Waals surface area contributed by atoms with E-state index in [-0.39, 0.29) is 4.90 Å². The predicted molar refractivity (Wildman–Crippen MR) is 67.2 cm³/mol. The van der Waals surface area contributed by atoms with Crippen LogP contribution in [0.1, 0.15) is 0 Å². The molecule has 0 radical (unpaired) electrons. The summed E-state index contributed by atoms with van der Waals surface area (Å²) >= 11 is 1.44. The maximum Gasteiger partial charge on any atom is 0.175 e. The standard InChI is InChI=1S/C11H11NO3S2/c1-15-10-4-3-8(17(2,13)14)7-9(10)11-12-5-6-16-11/h3-7H,1-2H3. The van der Waals surface area contributed by atoms with E-state index in [1.54, 1.807) is 25.4 Å². The zero-order chi connectivity index (χ0) is 12.5. The lowest BCUT2D eigenvalue weighted by molar-refractivity contribution is 0.416. The number of aromatic nitrogens is 1. The van der Waals surface area contributed by atoms with Gasteiger partial charge in [-0.2, -0.15) is 0 Å². The van der Waals surface area contributed by atoms with E-state index in [1.165, 1.54) is 23.7 Å². The number of hydrogen-bond acceptors (Lipinski definition) is 5. The first-order valence-electron chi connectivity index (χ1n) is 4.80. The lowest BCUT2D eigenvalue weighted by atomic mass is 10.2. The summed E-state index contributed by atoms with van der Waals surface area (Å²) in [6.45, 7) is 0. The van der Waals surface area contributed by atoms with Crippen molar-refractivity contribution in [2.45, 2.75) is 4.90 Å². The minimum atomic E-state index is -3.22. The third-order valence-electron chi connectivity index (χ3n) is 2.26. The molecule has 90 valence electrons. The molecule has 0 saturated carbocycles. The van der Waals surface area contributed by atoms with Gasteiger partial charge >= 0.3 is 0 Å². The Morgan fingerprint density at radius 1 is 1.35 bits per heavy atom. The topological polar surface area (TPSA) is 56.3 Å². The molecule has 0 aliphatic carbocycles. The third-order valence-corrected chi connectivity index (χ3v) is 4.18. The van der Waals surface area contributed by atoms with Gasteiger partial charge < -0.3 is 4.74 Å². The molecule has 6 heteroatoms. The first kappa shape index (κ1) is 12.1. The van der Waals surface area contributed by atoms with Crippen molar-refractivity contribution in [3.05, 3.63) is 29.8 Å². The number of benzene rings is 1. The van der Waals surface area contributed by atoms with Crippen molar-refractivity contribution >= 4 is 21.2 Å². The Bertz CT molecular complexity index is 618. The first-order valence-corrected chi connectivity index (χ1v) is 7.57. The average molecular weight is 269 g/mol. The smallest absolute Gasteiger partial charge is 0.175 e. The van der Waals surface area contributed by atoms with Gasteiger partial charge in [-0.3, -0.25) is 0 Å². The highest BCUT2D eigenvalue weighted by Gasteiger charge is 2.14. The van der Waals surface area contributed by atoms with Crippen LogP contribution in [0.25, 0.3) is 10.6 Å². The quantitative estimate of drug-likeness (QED) is 0.857. The van der Waals surface area contributed by atoms with E-state index >= 15 is 0 Å². The van der Waals surface area contributed by atoms with E-state index in [2.05, 4.69) is 4.98 Å². The summed E-state index contributed by atoms with van der Waals surface area (Å²) in [5.41, 5.74) is 0.699. The molecule has 2 aromatic rings. The fourth-order valence-electron chi connectivity index (χ4n) is 1.44. The summed E-state index contributed by atoms with van der Waals surface area (Å²) in [7, 11) is -1.67. The highest BCUT2D eigenvalue weighted by atomic mass is 32.2. The first-order chi connectivity index (χ1) is 8.02. The SMILES string of the molecule is COc1ccc(S(C)(=O)=O)cc1-c1nccs1. The molecule has 0 amide bonds. The number of nitrogens with zero attached hydrogens (tertiary/aromatic N) is 1. The Balaban J connectivity index is 2.63. The largest absolute Gasteiger partial charge is 0.496 e. The second kappa shape index (κ2) is 4.46. The normalized spacial score (nSPS) is 11.4. The summed E-state index contributed by atoms with van der Waals surface area (Å²) in [6.07, 6.45) is 2.85. The fourth-order valence-corrected chi connectivity index (χ4v) is 2.75. The van der Waals surface area contributed by atoms with Gasteiger partial charge in [0.1, 0.15) is 10.8 Å². The Morgan fingerprint density at radius 3 is 2.65 bits per heavy atom. The zero-order valence-electron chi connectivity index (χ0n) is 9.38. The van der Waals surface area contributed by atoms with Crippen LogP contribution in [-0.2, 0) is 9.84 Å². The van der Waals surface area contributed by atoms with Crippen molar-refractivity contribution in [2.75, 3.05) is 13.4 Å². The molecule has 4 nitrogen and oxygen atoms in total. The molecular formula is C11H11NO3S2. The van der Waals surface area contributed by atoms with Gasteiger partial charge in [-0.1, -0.05) is 0 Å². The van der Waals surface area contributed by atoms with Crippen LogP contribution >= 0.6 is 11.3 Å². The molecule has 1 aromatic heterocycles. The number of hydrogen-bond donors (Lipinski definition) is 0. The Labute approximate surface area is 104 Å². The molecule has 0 bridgehead atoms. The molecule has 1 aromatic carbocycles. The van der Waals surface area contributed by atoms with E-state index in [0.717, 1.165) is 5.01 Å². The Kier molecular flexibility index (Phi) is 3.17. The van der Waals surface area contributed by atoms with E-state index in [4.69, 9.17) is 4.74 Å². The summed E-state index contributed by atoms with van der Waals surface area (Å²) in [4.78, 5) is 4.43. The highest BCUT2D eigenvalue weighted by molar-refractivity contribution is 7.90. The van der Waals surface area contributed by atoms with Crippen LogP contribution in [0.15, 0.2) is 34.7 Å². The van der Waals surface area contributed by atoms with E-state index < -0.39 is 9.84 Å². The molecule has 0 N–H and O–H groups in total. The molecule has 1 heterocycles. The molecule has 17 heavy (non-hydrogen) atoms. The van der Waals surface area contributed by atoms with Crippen molar-refractivity contribution in [3.8, 4) is 16.3 Å². The van der Waals surface area contributed by atoms with E-state index in [1.807, 2.05) is 5.38 Å².